The van der Waals surface area contributed by atoms with Crippen LogP contribution in [0.15, 0.2) is 70.0 Å². The van der Waals surface area contributed by atoms with E-state index in [1.54, 1.807) is 24.3 Å². The van der Waals surface area contributed by atoms with Gasteiger partial charge in [0.15, 0.2) is 11.5 Å². The van der Waals surface area contributed by atoms with Gasteiger partial charge < -0.3 is 13.9 Å². The number of imide groups is 1. The lowest BCUT2D eigenvalue weighted by Crippen LogP contribution is -2.32. The minimum Gasteiger partial charge on any atom is -0.493 e. The number of carbonyl (C=O) groups excluding carboxylic acids is 2. The lowest BCUT2D eigenvalue weighted by Gasteiger charge is -2.14. The minimum absolute atomic E-state index is 0.00334. The van der Waals surface area contributed by atoms with Gasteiger partial charge in [-0.2, -0.15) is 13.2 Å². The third-order valence-electron chi connectivity index (χ3n) is 4.91. The molecule has 1 aromatic heterocycles. The molecule has 1 aliphatic rings. The second-order valence-corrected chi connectivity index (χ2v) is 8.07. The lowest BCUT2D eigenvalue weighted by molar-refractivity contribution is -0.137. The van der Waals surface area contributed by atoms with Crippen molar-refractivity contribution in [3.63, 3.8) is 0 Å². The Hall–Kier alpha value is -3.66. The molecule has 2 heterocycles. The Bertz CT molecular complexity index is 1250. The summed E-state index contributed by atoms with van der Waals surface area (Å²) in [5, 5.41) is -0.478. The molecule has 0 N–H and O–H groups in total. The number of methoxy groups -OCH3 is 1. The quantitative estimate of drug-likeness (QED) is 0.374. The SMILES string of the molecule is COc1ccccc1OCCN1C(=O)S/C(=C\c2ccc(-c3ccccc3C(F)(F)F)o2)C1=O. The fourth-order valence-electron chi connectivity index (χ4n) is 3.33. The summed E-state index contributed by atoms with van der Waals surface area (Å²) in [5.74, 6) is 0.630. The molecule has 1 fully saturated rings. The number of nitrogens with zero attached hydrogens (tertiary/aromatic N) is 1. The molecule has 0 saturated carbocycles. The van der Waals surface area contributed by atoms with Crippen LogP contribution in [0.4, 0.5) is 18.0 Å². The summed E-state index contributed by atoms with van der Waals surface area (Å²) >= 11 is 0.721. The molecule has 0 atom stereocenters. The van der Waals surface area contributed by atoms with Gasteiger partial charge in [0.2, 0.25) is 0 Å². The fourth-order valence-corrected chi connectivity index (χ4v) is 4.17. The molecule has 2 aromatic carbocycles. The van der Waals surface area contributed by atoms with Gasteiger partial charge in [-0.3, -0.25) is 14.5 Å². The standard InChI is InChI=1S/C24H18F3NO5S/c1-31-19-8-4-5-9-20(19)32-13-12-28-22(29)21(34-23(28)30)14-15-10-11-18(33-15)16-6-2-3-7-17(16)24(25,26)27/h2-11,14H,12-13H2,1H3/b21-14-. The number of alkyl halides is 3. The van der Waals surface area contributed by atoms with Gasteiger partial charge in [-0.15, -0.1) is 0 Å². The first-order valence-electron chi connectivity index (χ1n) is 10.1. The van der Waals surface area contributed by atoms with Gasteiger partial charge >= 0.3 is 6.18 Å². The van der Waals surface area contributed by atoms with Gasteiger partial charge in [-0.05, 0) is 42.1 Å². The average Bonchev–Trinajstić information content (AvgIpc) is 3.38. The van der Waals surface area contributed by atoms with Gasteiger partial charge in [0.1, 0.15) is 18.1 Å². The molecular weight excluding hydrogens is 471 g/mol. The molecule has 10 heteroatoms. The molecule has 0 spiro atoms. The second kappa shape index (κ2) is 9.68. The van der Waals surface area contributed by atoms with E-state index in [0.29, 0.717) is 11.5 Å². The smallest absolute Gasteiger partial charge is 0.417 e. The van der Waals surface area contributed by atoms with Crippen LogP contribution in [0, 0.1) is 0 Å². The Kier molecular flexibility index (Phi) is 6.69. The Morgan fingerprint density at radius 1 is 1.00 bits per heavy atom. The van der Waals surface area contributed by atoms with E-state index in [-0.39, 0.29) is 35.1 Å². The first-order chi connectivity index (χ1) is 16.3. The van der Waals surface area contributed by atoms with E-state index < -0.39 is 22.9 Å². The number of hydrogen-bond acceptors (Lipinski definition) is 6. The molecule has 0 radical (unpaired) electrons. The van der Waals surface area contributed by atoms with E-state index in [1.165, 1.54) is 43.5 Å². The molecular formula is C24H18F3NO5S. The highest BCUT2D eigenvalue weighted by Crippen LogP contribution is 2.38. The van der Waals surface area contributed by atoms with E-state index >= 15 is 0 Å². The monoisotopic (exact) mass is 489 g/mol. The zero-order chi connectivity index (χ0) is 24.3. The van der Waals surface area contributed by atoms with E-state index in [4.69, 9.17) is 13.9 Å². The van der Waals surface area contributed by atoms with Crippen molar-refractivity contribution in [2.75, 3.05) is 20.3 Å². The highest BCUT2D eigenvalue weighted by Gasteiger charge is 2.36. The van der Waals surface area contributed by atoms with Crippen LogP contribution in [-0.4, -0.2) is 36.3 Å². The molecule has 4 rings (SSSR count). The van der Waals surface area contributed by atoms with Crippen molar-refractivity contribution in [1.29, 1.82) is 0 Å². The number of amides is 2. The fraction of sp³-hybridized carbons (Fsp3) is 0.167. The highest BCUT2D eigenvalue weighted by atomic mass is 32.2. The van der Waals surface area contributed by atoms with Crippen molar-refractivity contribution >= 4 is 29.0 Å². The first kappa shape index (κ1) is 23.5. The molecule has 34 heavy (non-hydrogen) atoms. The van der Waals surface area contributed by atoms with Crippen LogP contribution in [0.25, 0.3) is 17.4 Å². The largest absolute Gasteiger partial charge is 0.493 e. The first-order valence-corrected chi connectivity index (χ1v) is 10.9. The molecule has 2 amide bonds. The molecule has 0 aliphatic carbocycles. The number of halogens is 3. The van der Waals surface area contributed by atoms with Crippen molar-refractivity contribution in [2.45, 2.75) is 6.18 Å². The topological polar surface area (TPSA) is 69.0 Å². The van der Waals surface area contributed by atoms with Crippen molar-refractivity contribution in [3.05, 3.63) is 76.9 Å². The summed E-state index contributed by atoms with van der Waals surface area (Å²) in [5.41, 5.74) is -0.942. The zero-order valence-electron chi connectivity index (χ0n) is 17.8. The second-order valence-electron chi connectivity index (χ2n) is 7.08. The predicted molar refractivity (Wildman–Crippen MR) is 120 cm³/mol. The van der Waals surface area contributed by atoms with Crippen LogP contribution < -0.4 is 9.47 Å². The highest BCUT2D eigenvalue weighted by molar-refractivity contribution is 8.18. The van der Waals surface area contributed by atoms with Crippen LogP contribution >= 0.6 is 11.8 Å². The van der Waals surface area contributed by atoms with Crippen LogP contribution in [0.3, 0.4) is 0 Å². The minimum atomic E-state index is -4.54. The van der Waals surface area contributed by atoms with Crippen molar-refractivity contribution in [3.8, 4) is 22.8 Å². The molecule has 1 saturated heterocycles. The van der Waals surface area contributed by atoms with Crippen LogP contribution in [0.5, 0.6) is 11.5 Å². The number of benzene rings is 2. The molecule has 176 valence electrons. The van der Waals surface area contributed by atoms with Crippen LogP contribution in [0.2, 0.25) is 0 Å². The van der Waals surface area contributed by atoms with Crippen molar-refractivity contribution in [1.82, 2.24) is 4.90 Å². The summed E-state index contributed by atoms with van der Waals surface area (Å²) in [7, 11) is 1.51. The molecule has 0 unspecified atom stereocenters. The maximum atomic E-state index is 13.3. The number of hydrogen-bond donors (Lipinski definition) is 0. The summed E-state index contributed by atoms with van der Waals surface area (Å²) in [6.45, 7) is 0.0766. The third kappa shape index (κ3) is 4.96. The number of carbonyl (C=O) groups is 2. The van der Waals surface area contributed by atoms with Gasteiger partial charge in [0.05, 0.1) is 24.1 Å². The average molecular weight is 489 g/mol. The van der Waals surface area contributed by atoms with E-state index in [9.17, 15) is 22.8 Å². The summed E-state index contributed by atoms with van der Waals surface area (Å²) < 4.78 is 56.2. The molecule has 0 bridgehead atoms. The summed E-state index contributed by atoms with van der Waals surface area (Å²) in [4.78, 5) is 26.2. The number of para-hydroxylation sites is 2. The van der Waals surface area contributed by atoms with Gasteiger partial charge in [-0.25, -0.2) is 0 Å². The van der Waals surface area contributed by atoms with Crippen molar-refractivity contribution in [2.24, 2.45) is 0 Å². The summed E-state index contributed by atoms with van der Waals surface area (Å²) in [6, 6.07) is 14.9. The number of thioether (sulfide) groups is 1. The molecule has 6 nitrogen and oxygen atoms in total. The Labute approximate surface area is 196 Å². The third-order valence-corrected chi connectivity index (χ3v) is 5.82. The lowest BCUT2D eigenvalue weighted by atomic mass is 10.1. The van der Waals surface area contributed by atoms with Gasteiger partial charge in [0, 0.05) is 11.6 Å². The van der Waals surface area contributed by atoms with Crippen LogP contribution in [-0.2, 0) is 11.0 Å². The Morgan fingerprint density at radius 3 is 2.44 bits per heavy atom. The Balaban J connectivity index is 1.46. The maximum absolute atomic E-state index is 13.3. The zero-order valence-corrected chi connectivity index (χ0v) is 18.6. The van der Waals surface area contributed by atoms with Crippen molar-refractivity contribution < 1.29 is 36.7 Å². The summed E-state index contributed by atoms with van der Waals surface area (Å²) in [6.07, 6.45) is -3.20. The molecule has 1 aliphatic heterocycles. The number of rotatable bonds is 7. The van der Waals surface area contributed by atoms with Gasteiger partial charge in [-0.1, -0.05) is 30.3 Å². The predicted octanol–water partition coefficient (Wildman–Crippen LogP) is 6.09. The Morgan fingerprint density at radius 2 is 1.71 bits per heavy atom. The van der Waals surface area contributed by atoms with Crippen LogP contribution in [0.1, 0.15) is 11.3 Å². The van der Waals surface area contributed by atoms with E-state index in [0.717, 1.165) is 22.7 Å². The number of furan rings is 1. The van der Waals surface area contributed by atoms with Gasteiger partial charge in [0.25, 0.3) is 11.1 Å². The molecule has 3 aromatic rings. The maximum Gasteiger partial charge on any atom is 0.417 e. The number of ether oxygens (including phenoxy) is 2. The van der Waals surface area contributed by atoms with E-state index in [2.05, 4.69) is 0 Å². The van der Waals surface area contributed by atoms with E-state index in [1.807, 2.05) is 0 Å². The normalized spacial score (nSPS) is 15.3.